The highest BCUT2D eigenvalue weighted by Crippen LogP contribution is 2.14. The van der Waals surface area contributed by atoms with E-state index >= 15 is 0 Å². The highest BCUT2D eigenvalue weighted by atomic mass is 16.5. The summed E-state index contributed by atoms with van der Waals surface area (Å²) in [5.41, 5.74) is 1.60. The molecule has 28 heavy (non-hydrogen) atoms. The third kappa shape index (κ3) is 6.95. The maximum atomic E-state index is 12.2. The van der Waals surface area contributed by atoms with E-state index in [0.29, 0.717) is 24.5 Å². The van der Waals surface area contributed by atoms with E-state index in [1.807, 2.05) is 45.0 Å². The van der Waals surface area contributed by atoms with E-state index in [-0.39, 0.29) is 24.5 Å². The number of hydrogen-bond acceptors (Lipinski definition) is 4. The molecule has 150 valence electrons. The predicted octanol–water partition coefficient (Wildman–Crippen LogP) is 3.05. The fourth-order valence-electron chi connectivity index (χ4n) is 2.48. The zero-order valence-corrected chi connectivity index (χ0v) is 16.9. The second kappa shape index (κ2) is 10.3. The van der Waals surface area contributed by atoms with Crippen molar-refractivity contribution in [3.8, 4) is 11.5 Å². The Hall–Kier alpha value is -3.02. The molecule has 6 nitrogen and oxygen atoms in total. The van der Waals surface area contributed by atoms with Crippen molar-refractivity contribution < 1.29 is 19.1 Å². The third-order valence-electron chi connectivity index (χ3n) is 4.00. The lowest BCUT2D eigenvalue weighted by Crippen LogP contribution is -2.39. The van der Waals surface area contributed by atoms with Crippen LogP contribution in [0.2, 0.25) is 0 Å². The number of likely N-dealkylation sites (N-methyl/N-ethyl adjacent to an activating group) is 1. The summed E-state index contributed by atoms with van der Waals surface area (Å²) in [4.78, 5) is 25.9. The number of nitrogens with zero attached hydrogens (tertiary/aromatic N) is 1. The van der Waals surface area contributed by atoms with Crippen LogP contribution in [-0.2, 0) is 4.79 Å². The molecule has 0 saturated carbocycles. The van der Waals surface area contributed by atoms with Crippen molar-refractivity contribution in [1.82, 2.24) is 10.2 Å². The Morgan fingerprint density at radius 1 is 1.07 bits per heavy atom. The Kier molecular flexibility index (Phi) is 7.87. The molecule has 0 bridgehead atoms. The van der Waals surface area contributed by atoms with Crippen molar-refractivity contribution >= 4 is 11.8 Å². The summed E-state index contributed by atoms with van der Waals surface area (Å²) in [5.74, 6) is 1.00. The van der Waals surface area contributed by atoms with E-state index in [1.165, 1.54) is 4.90 Å². The third-order valence-corrected chi connectivity index (χ3v) is 4.00. The number of benzene rings is 2. The average Bonchev–Trinajstić information content (AvgIpc) is 2.66. The molecular weight excluding hydrogens is 356 g/mol. The van der Waals surface area contributed by atoms with Gasteiger partial charge in [-0.15, -0.1) is 0 Å². The van der Waals surface area contributed by atoms with Gasteiger partial charge >= 0.3 is 0 Å². The number of amides is 2. The van der Waals surface area contributed by atoms with Crippen LogP contribution in [0.25, 0.3) is 0 Å². The lowest BCUT2D eigenvalue weighted by molar-refractivity contribution is -0.129. The van der Waals surface area contributed by atoms with Gasteiger partial charge in [-0.2, -0.15) is 0 Å². The quantitative estimate of drug-likeness (QED) is 0.722. The predicted molar refractivity (Wildman–Crippen MR) is 109 cm³/mol. The Morgan fingerprint density at radius 3 is 2.43 bits per heavy atom. The first-order valence-electron chi connectivity index (χ1n) is 9.33. The van der Waals surface area contributed by atoms with Crippen LogP contribution in [0.3, 0.4) is 0 Å². The molecule has 2 aromatic rings. The summed E-state index contributed by atoms with van der Waals surface area (Å²) in [6.45, 7) is 6.63. The van der Waals surface area contributed by atoms with E-state index in [0.717, 1.165) is 11.3 Å². The molecule has 0 radical (unpaired) electrons. The lowest BCUT2D eigenvalue weighted by Gasteiger charge is -2.18. The number of hydrogen-bond donors (Lipinski definition) is 1. The van der Waals surface area contributed by atoms with Crippen molar-refractivity contribution in [1.29, 1.82) is 0 Å². The molecular formula is C22H28N2O4. The SMILES string of the molecule is Cc1cccc(OCCN(C)C(=O)CNC(=O)c2ccc(OC(C)C)cc2)c1. The van der Waals surface area contributed by atoms with Crippen LogP contribution in [0, 0.1) is 6.92 Å². The smallest absolute Gasteiger partial charge is 0.251 e. The second-order valence-corrected chi connectivity index (χ2v) is 6.85. The largest absolute Gasteiger partial charge is 0.492 e. The number of rotatable bonds is 9. The lowest BCUT2D eigenvalue weighted by atomic mass is 10.2. The molecule has 2 rings (SSSR count). The van der Waals surface area contributed by atoms with Crippen LogP contribution >= 0.6 is 0 Å². The fraction of sp³-hybridized carbons (Fsp3) is 0.364. The van der Waals surface area contributed by atoms with Crippen LogP contribution in [0.15, 0.2) is 48.5 Å². The van der Waals surface area contributed by atoms with Gasteiger partial charge in [0, 0.05) is 12.6 Å². The van der Waals surface area contributed by atoms with Gasteiger partial charge in [-0.05, 0) is 62.7 Å². The molecule has 0 saturated heterocycles. The Bertz CT molecular complexity index is 787. The molecule has 0 heterocycles. The van der Waals surface area contributed by atoms with E-state index in [1.54, 1.807) is 31.3 Å². The van der Waals surface area contributed by atoms with Crippen LogP contribution in [0.1, 0.15) is 29.8 Å². The summed E-state index contributed by atoms with van der Waals surface area (Å²) < 4.78 is 11.2. The van der Waals surface area contributed by atoms with Gasteiger partial charge in [0.1, 0.15) is 18.1 Å². The van der Waals surface area contributed by atoms with E-state index in [2.05, 4.69) is 5.32 Å². The van der Waals surface area contributed by atoms with Crippen molar-refractivity contribution in [2.24, 2.45) is 0 Å². The molecule has 0 unspecified atom stereocenters. The molecule has 0 aliphatic heterocycles. The minimum Gasteiger partial charge on any atom is -0.492 e. The molecule has 2 aromatic carbocycles. The minimum absolute atomic E-state index is 0.0655. The van der Waals surface area contributed by atoms with Crippen molar-refractivity contribution in [2.75, 3.05) is 26.7 Å². The van der Waals surface area contributed by atoms with Crippen LogP contribution in [0.5, 0.6) is 11.5 Å². The number of carbonyl (C=O) groups is 2. The van der Waals surface area contributed by atoms with Gasteiger partial charge in [-0.25, -0.2) is 0 Å². The van der Waals surface area contributed by atoms with Crippen LogP contribution < -0.4 is 14.8 Å². The van der Waals surface area contributed by atoms with Gasteiger partial charge < -0.3 is 19.7 Å². The molecule has 0 aromatic heterocycles. The highest BCUT2D eigenvalue weighted by molar-refractivity contribution is 5.96. The summed E-state index contributed by atoms with van der Waals surface area (Å²) >= 11 is 0. The first-order chi connectivity index (χ1) is 13.3. The number of nitrogens with one attached hydrogen (secondary N) is 1. The topological polar surface area (TPSA) is 67.9 Å². The molecule has 1 N–H and O–H groups in total. The first-order valence-corrected chi connectivity index (χ1v) is 9.33. The van der Waals surface area contributed by atoms with Crippen molar-refractivity contribution in [3.05, 3.63) is 59.7 Å². The Morgan fingerprint density at radius 2 is 1.79 bits per heavy atom. The summed E-state index contributed by atoms with van der Waals surface area (Å²) in [5, 5.41) is 2.64. The van der Waals surface area contributed by atoms with E-state index in [9.17, 15) is 9.59 Å². The van der Waals surface area contributed by atoms with Gasteiger partial charge in [0.15, 0.2) is 0 Å². The molecule has 6 heteroatoms. The number of aryl methyl sites for hydroxylation is 1. The average molecular weight is 384 g/mol. The normalized spacial score (nSPS) is 10.5. The van der Waals surface area contributed by atoms with Crippen LogP contribution in [0.4, 0.5) is 0 Å². The molecule has 0 spiro atoms. The van der Waals surface area contributed by atoms with Gasteiger partial charge in [0.05, 0.1) is 19.2 Å². The monoisotopic (exact) mass is 384 g/mol. The summed E-state index contributed by atoms with van der Waals surface area (Å²) in [7, 11) is 1.69. The first kappa shape index (κ1) is 21.3. The van der Waals surface area contributed by atoms with E-state index in [4.69, 9.17) is 9.47 Å². The fourth-order valence-corrected chi connectivity index (χ4v) is 2.48. The maximum Gasteiger partial charge on any atom is 0.251 e. The molecule has 0 fully saturated rings. The zero-order chi connectivity index (χ0) is 20.5. The van der Waals surface area contributed by atoms with Gasteiger partial charge in [-0.3, -0.25) is 9.59 Å². The van der Waals surface area contributed by atoms with E-state index < -0.39 is 0 Å². The van der Waals surface area contributed by atoms with Crippen LogP contribution in [-0.4, -0.2) is 49.6 Å². The van der Waals surface area contributed by atoms with Crippen molar-refractivity contribution in [3.63, 3.8) is 0 Å². The van der Waals surface area contributed by atoms with Crippen molar-refractivity contribution in [2.45, 2.75) is 26.9 Å². The minimum atomic E-state index is -0.297. The summed E-state index contributed by atoms with van der Waals surface area (Å²) in [6.07, 6.45) is 0.0720. The second-order valence-electron chi connectivity index (χ2n) is 6.85. The molecule has 0 aliphatic rings. The van der Waals surface area contributed by atoms with Gasteiger partial charge in [0.2, 0.25) is 5.91 Å². The molecule has 0 aliphatic carbocycles. The van der Waals surface area contributed by atoms with Gasteiger partial charge in [0.25, 0.3) is 5.91 Å². The Balaban J connectivity index is 1.73. The highest BCUT2D eigenvalue weighted by Gasteiger charge is 2.12. The van der Waals surface area contributed by atoms with Gasteiger partial charge in [-0.1, -0.05) is 12.1 Å². The Labute approximate surface area is 166 Å². The summed E-state index contributed by atoms with van der Waals surface area (Å²) in [6, 6.07) is 14.6. The molecule has 0 atom stereocenters. The number of ether oxygens (including phenoxy) is 2. The zero-order valence-electron chi connectivity index (χ0n) is 16.9. The standard InChI is InChI=1S/C22H28N2O4/c1-16(2)28-19-10-8-18(9-11-19)22(26)23-15-21(25)24(4)12-13-27-20-7-5-6-17(3)14-20/h5-11,14,16H,12-13,15H2,1-4H3,(H,23,26). The number of carbonyl (C=O) groups excluding carboxylic acids is 2. The maximum absolute atomic E-state index is 12.2. The molecule has 2 amide bonds.